The van der Waals surface area contributed by atoms with Crippen LogP contribution >= 0.6 is 23.1 Å². The van der Waals surface area contributed by atoms with Crippen molar-refractivity contribution in [3.05, 3.63) is 52.8 Å². The van der Waals surface area contributed by atoms with Crippen LogP contribution in [0.2, 0.25) is 0 Å². The van der Waals surface area contributed by atoms with Crippen LogP contribution in [0.4, 0.5) is 0 Å². The van der Waals surface area contributed by atoms with E-state index in [-0.39, 0.29) is 12.5 Å². The maximum absolute atomic E-state index is 12.6. The van der Waals surface area contributed by atoms with Crippen molar-refractivity contribution in [3.8, 4) is 5.75 Å². The van der Waals surface area contributed by atoms with Crippen LogP contribution in [0, 0.1) is 0 Å². The first kappa shape index (κ1) is 19.2. The van der Waals surface area contributed by atoms with E-state index >= 15 is 0 Å². The molecule has 3 rings (SSSR count). The summed E-state index contributed by atoms with van der Waals surface area (Å²) in [6.07, 6.45) is 1.97. The number of hydrogen-bond donors (Lipinski definition) is 0. The molecule has 1 amide bonds. The van der Waals surface area contributed by atoms with Gasteiger partial charge in [0.15, 0.2) is 4.80 Å². The molecule has 0 bridgehead atoms. The summed E-state index contributed by atoms with van der Waals surface area (Å²) in [5.41, 5.74) is 1.28. The second-order valence-corrected chi connectivity index (χ2v) is 7.41. The van der Waals surface area contributed by atoms with Gasteiger partial charge in [0.05, 0.1) is 24.4 Å². The first-order valence-corrected chi connectivity index (χ1v) is 10.1. The number of thioether (sulfide) groups is 1. The SMILES string of the molecule is COC(=O)Cn1c(=NC(=O)c2ccc(SC)cc2)sc2cc(OC)ccc21. The van der Waals surface area contributed by atoms with Crippen molar-refractivity contribution in [1.82, 2.24) is 4.57 Å². The minimum Gasteiger partial charge on any atom is -0.497 e. The molecule has 0 saturated heterocycles. The van der Waals surface area contributed by atoms with Gasteiger partial charge >= 0.3 is 5.97 Å². The van der Waals surface area contributed by atoms with Crippen LogP contribution in [0.5, 0.6) is 5.75 Å². The smallest absolute Gasteiger partial charge is 0.325 e. The Balaban J connectivity index is 2.09. The van der Waals surface area contributed by atoms with E-state index in [4.69, 9.17) is 9.47 Å². The van der Waals surface area contributed by atoms with E-state index in [1.165, 1.54) is 18.4 Å². The topological polar surface area (TPSA) is 69.9 Å². The number of methoxy groups -OCH3 is 2. The number of amides is 1. The molecule has 6 nitrogen and oxygen atoms in total. The van der Waals surface area contributed by atoms with Crippen LogP contribution < -0.4 is 9.54 Å². The molecule has 0 aliphatic carbocycles. The lowest BCUT2D eigenvalue weighted by Crippen LogP contribution is -2.22. The van der Waals surface area contributed by atoms with E-state index in [1.54, 1.807) is 41.6 Å². The molecule has 0 radical (unpaired) electrons. The molecule has 27 heavy (non-hydrogen) atoms. The minimum atomic E-state index is -0.413. The van der Waals surface area contributed by atoms with Gasteiger partial charge in [-0.15, -0.1) is 11.8 Å². The molecule has 0 unspecified atom stereocenters. The Kier molecular flexibility index (Phi) is 5.98. The van der Waals surface area contributed by atoms with Gasteiger partial charge in [-0.2, -0.15) is 4.99 Å². The molecule has 1 heterocycles. The summed E-state index contributed by atoms with van der Waals surface area (Å²) >= 11 is 2.92. The summed E-state index contributed by atoms with van der Waals surface area (Å²) in [7, 11) is 2.92. The number of carbonyl (C=O) groups excluding carboxylic acids is 2. The highest BCUT2D eigenvalue weighted by Gasteiger charge is 2.13. The predicted octanol–water partition coefficient (Wildman–Crippen LogP) is 3.35. The number of hydrogen-bond acceptors (Lipinski definition) is 6. The number of thiazole rings is 1. The number of nitrogens with zero attached hydrogens (tertiary/aromatic N) is 2. The van der Waals surface area contributed by atoms with E-state index in [1.807, 2.05) is 30.5 Å². The Morgan fingerprint density at radius 2 is 1.89 bits per heavy atom. The predicted molar refractivity (Wildman–Crippen MR) is 106 cm³/mol. The summed E-state index contributed by atoms with van der Waals surface area (Å²) in [6, 6.07) is 12.7. The highest BCUT2D eigenvalue weighted by atomic mass is 32.2. The first-order chi connectivity index (χ1) is 13.0. The van der Waals surface area contributed by atoms with Gasteiger partial charge < -0.3 is 14.0 Å². The van der Waals surface area contributed by atoms with Gasteiger partial charge in [0, 0.05) is 10.5 Å². The van der Waals surface area contributed by atoms with E-state index in [0.29, 0.717) is 16.1 Å². The summed E-state index contributed by atoms with van der Waals surface area (Å²) in [5, 5.41) is 0. The molecule has 0 aliphatic heterocycles. The van der Waals surface area contributed by atoms with Gasteiger partial charge in [0.2, 0.25) is 0 Å². The summed E-state index contributed by atoms with van der Waals surface area (Å²) in [6.45, 7) is -0.0274. The number of carbonyl (C=O) groups is 2. The minimum absolute atomic E-state index is 0.0274. The third-order valence-electron chi connectivity index (χ3n) is 3.94. The first-order valence-electron chi connectivity index (χ1n) is 8.03. The molecule has 0 spiro atoms. The lowest BCUT2D eigenvalue weighted by Gasteiger charge is -2.04. The number of ether oxygens (including phenoxy) is 2. The van der Waals surface area contributed by atoms with Crippen LogP contribution in [0.25, 0.3) is 10.2 Å². The molecule has 0 aliphatic rings. The van der Waals surface area contributed by atoms with Gasteiger partial charge in [-0.05, 0) is 48.7 Å². The molecular weight excluding hydrogens is 384 g/mol. The number of benzene rings is 2. The average Bonchev–Trinajstić information content (AvgIpc) is 3.03. The molecule has 3 aromatic rings. The van der Waals surface area contributed by atoms with Crippen LogP contribution in [-0.2, 0) is 16.1 Å². The Labute approximate surface area is 164 Å². The standard InChI is InChI=1S/C19H18N2O4S2/c1-24-13-6-9-15-16(10-13)27-19(21(15)11-17(22)25-2)20-18(23)12-4-7-14(26-3)8-5-12/h4-10H,11H2,1-3H3. The number of rotatable bonds is 5. The van der Waals surface area contributed by atoms with E-state index in [0.717, 1.165) is 15.1 Å². The largest absolute Gasteiger partial charge is 0.497 e. The second-order valence-electron chi connectivity index (χ2n) is 5.53. The van der Waals surface area contributed by atoms with Crippen LogP contribution in [0.1, 0.15) is 10.4 Å². The van der Waals surface area contributed by atoms with E-state index < -0.39 is 5.97 Å². The van der Waals surface area contributed by atoms with Crippen molar-refractivity contribution in [3.63, 3.8) is 0 Å². The molecule has 0 saturated carbocycles. The van der Waals surface area contributed by atoms with Crippen LogP contribution in [0.3, 0.4) is 0 Å². The van der Waals surface area contributed by atoms with Gasteiger partial charge in [-0.3, -0.25) is 9.59 Å². The third kappa shape index (κ3) is 4.23. The highest BCUT2D eigenvalue weighted by Crippen LogP contribution is 2.23. The fraction of sp³-hybridized carbons (Fsp3) is 0.211. The number of fused-ring (bicyclic) bond motifs is 1. The normalized spacial score (nSPS) is 11.6. The van der Waals surface area contributed by atoms with Crippen LogP contribution in [-0.4, -0.2) is 36.9 Å². The summed E-state index contributed by atoms with van der Waals surface area (Å²) in [5.74, 6) is -0.0805. The quantitative estimate of drug-likeness (QED) is 0.484. The molecule has 0 fully saturated rings. The zero-order valence-corrected chi connectivity index (χ0v) is 16.7. The van der Waals surface area contributed by atoms with Gasteiger partial charge in [-0.25, -0.2) is 0 Å². The fourth-order valence-corrected chi connectivity index (χ4v) is 3.96. The number of aromatic nitrogens is 1. The van der Waals surface area contributed by atoms with Crippen molar-refractivity contribution in [1.29, 1.82) is 0 Å². The van der Waals surface area contributed by atoms with Crippen molar-refractivity contribution in [2.75, 3.05) is 20.5 Å². The molecule has 8 heteroatoms. The van der Waals surface area contributed by atoms with Gasteiger partial charge in [-0.1, -0.05) is 11.3 Å². The third-order valence-corrected chi connectivity index (χ3v) is 5.72. The summed E-state index contributed by atoms with van der Waals surface area (Å²) < 4.78 is 12.6. The Morgan fingerprint density at radius 3 is 2.52 bits per heavy atom. The second kappa shape index (κ2) is 8.41. The van der Waals surface area contributed by atoms with Crippen molar-refractivity contribution in [2.24, 2.45) is 4.99 Å². The maximum Gasteiger partial charge on any atom is 0.325 e. The molecule has 0 atom stereocenters. The highest BCUT2D eigenvalue weighted by molar-refractivity contribution is 7.98. The molecule has 140 valence electrons. The molecule has 2 aromatic carbocycles. The van der Waals surface area contributed by atoms with Crippen LogP contribution in [0.15, 0.2) is 52.4 Å². The summed E-state index contributed by atoms with van der Waals surface area (Å²) in [4.78, 5) is 30.2. The lowest BCUT2D eigenvalue weighted by atomic mass is 10.2. The maximum atomic E-state index is 12.6. The van der Waals surface area contributed by atoms with E-state index in [9.17, 15) is 9.59 Å². The van der Waals surface area contributed by atoms with Gasteiger partial charge in [0.25, 0.3) is 5.91 Å². The molecular formula is C19H18N2O4S2. The average molecular weight is 402 g/mol. The fourth-order valence-electron chi connectivity index (χ4n) is 2.50. The number of esters is 1. The zero-order chi connectivity index (χ0) is 19.4. The van der Waals surface area contributed by atoms with Crippen molar-refractivity contribution >= 4 is 45.2 Å². The Hall–Kier alpha value is -2.58. The van der Waals surface area contributed by atoms with Gasteiger partial charge in [0.1, 0.15) is 12.3 Å². The zero-order valence-electron chi connectivity index (χ0n) is 15.1. The Bertz CT molecular complexity index is 1050. The lowest BCUT2D eigenvalue weighted by molar-refractivity contribution is -0.141. The van der Waals surface area contributed by atoms with Crippen molar-refractivity contribution < 1.29 is 19.1 Å². The van der Waals surface area contributed by atoms with E-state index in [2.05, 4.69) is 4.99 Å². The van der Waals surface area contributed by atoms with Crippen molar-refractivity contribution in [2.45, 2.75) is 11.4 Å². The monoisotopic (exact) mass is 402 g/mol. The molecule has 1 aromatic heterocycles. The Morgan fingerprint density at radius 1 is 1.15 bits per heavy atom. The molecule has 0 N–H and O–H groups in total.